The molecule has 1 aliphatic heterocycles. The van der Waals surface area contributed by atoms with E-state index in [1.54, 1.807) is 12.1 Å². The van der Waals surface area contributed by atoms with Gasteiger partial charge < -0.3 is 18.7 Å². The van der Waals surface area contributed by atoms with Gasteiger partial charge in [0, 0.05) is 25.2 Å². The molecule has 8 nitrogen and oxygen atoms in total. The molecule has 0 saturated carbocycles. The molecule has 1 fully saturated rings. The van der Waals surface area contributed by atoms with Gasteiger partial charge in [-0.2, -0.15) is 4.74 Å². The second-order valence-electron chi connectivity index (χ2n) is 6.07. The van der Waals surface area contributed by atoms with Crippen LogP contribution in [0.5, 0.6) is 0 Å². The standard InChI is InChI=1S/C18H21ClN2O6/c1-24-18(23)26-14(11-20-7-9-25-10-8-20)12-21-17(22)15(19)16(27-21)13-5-3-2-4-6-13/h2-6,14H,7-12H2,1H3. The molecule has 9 heteroatoms. The minimum absolute atomic E-state index is 0.00982. The number of hydrogen-bond acceptors (Lipinski definition) is 7. The van der Waals surface area contributed by atoms with E-state index in [4.69, 9.17) is 25.6 Å². The topological polar surface area (TPSA) is 83.1 Å². The second-order valence-corrected chi connectivity index (χ2v) is 6.45. The van der Waals surface area contributed by atoms with Crippen molar-refractivity contribution in [3.63, 3.8) is 0 Å². The smallest absolute Gasteiger partial charge is 0.438 e. The maximum Gasteiger partial charge on any atom is 0.508 e. The van der Waals surface area contributed by atoms with Crippen LogP contribution in [0, 0.1) is 0 Å². The zero-order valence-electron chi connectivity index (χ0n) is 14.9. The van der Waals surface area contributed by atoms with Crippen molar-refractivity contribution in [2.45, 2.75) is 12.6 Å². The molecule has 0 spiro atoms. The molecule has 1 aromatic heterocycles. The maximum atomic E-state index is 12.5. The molecule has 1 saturated heterocycles. The van der Waals surface area contributed by atoms with Crippen LogP contribution < -0.4 is 5.56 Å². The highest BCUT2D eigenvalue weighted by molar-refractivity contribution is 6.32. The molecule has 1 aliphatic rings. The Morgan fingerprint density at radius 1 is 1.22 bits per heavy atom. The van der Waals surface area contributed by atoms with Crippen LogP contribution >= 0.6 is 11.6 Å². The lowest BCUT2D eigenvalue weighted by Gasteiger charge is -2.29. The van der Waals surface area contributed by atoms with E-state index >= 15 is 0 Å². The summed E-state index contributed by atoms with van der Waals surface area (Å²) in [6, 6.07) is 9.10. The van der Waals surface area contributed by atoms with Crippen molar-refractivity contribution in [3.8, 4) is 11.3 Å². The Hall–Kier alpha value is -2.29. The van der Waals surface area contributed by atoms with Gasteiger partial charge in [0.25, 0.3) is 0 Å². The lowest BCUT2D eigenvalue weighted by atomic mass is 10.2. The molecule has 2 heterocycles. The van der Waals surface area contributed by atoms with Crippen molar-refractivity contribution in [2.24, 2.45) is 0 Å². The Labute approximate surface area is 161 Å². The Kier molecular flexibility index (Phi) is 6.54. The van der Waals surface area contributed by atoms with E-state index in [2.05, 4.69) is 9.64 Å². The predicted octanol–water partition coefficient (Wildman–Crippen LogP) is 2.25. The first-order chi connectivity index (χ1) is 13.1. The molecular formula is C18H21ClN2O6. The van der Waals surface area contributed by atoms with Crippen LogP contribution in [-0.2, 0) is 20.8 Å². The van der Waals surface area contributed by atoms with Gasteiger partial charge in [-0.05, 0) is 0 Å². The molecule has 2 aromatic rings. The van der Waals surface area contributed by atoms with E-state index in [0.717, 1.165) is 4.74 Å². The molecule has 3 rings (SSSR count). The van der Waals surface area contributed by atoms with Crippen LogP contribution in [-0.4, -0.2) is 61.9 Å². The fourth-order valence-electron chi connectivity index (χ4n) is 2.86. The fourth-order valence-corrected chi connectivity index (χ4v) is 3.10. The highest BCUT2D eigenvalue weighted by atomic mass is 35.5. The van der Waals surface area contributed by atoms with Gasteiger partial charge in [-0.15, -0.1) is 0 Å². The normalized spacial score (nSPS) is 16.1. The summed E-state index contributed by atoms with van der Waals surface area (Å²) in [5.74, 6) is 0.283. The molecule has 1 unspecified atom stereocenters. The number of nitrogens with zero attached hydrogens (tertiary/aromatic N) is 2. The highest BCUT2D eigenvalue weighted by Gasteiger charge is 2.25. The van der Waals surface area contributed by atoms with Gasteiger partial charge in [-0.3, -0.25) is 9.69 Å². The summed E-state index contributed by atoms with van der Waals surface area (Å²) in [5, 5.41) is -0.00982. The molecule has 0 N–H and O–H groups in total. The number of ether oxygens (including phenoxy) is 3. The summed E-state index contributed by atoms with van der Waals surface area (Å²) in [6.45, 7) is 3.08. The average molecular weight is 397 g/mol. The molecule has 27 heavy (non-hydrogen) atoms. The summed E-state index contributed by atoms with van der Waals surface area (Å²) < 4.78 is 22.0. The second kappa shape index (κ2) is 9.07. The van der Waals surface area contributed by atoms with Gasteiger partial charge in [-0.1, -0.05) is 41.9 Å². The van der Waals surface area contributed by atoms with Gasteiger partial charge in [0.2, 0.25) is 0 Å². The van der Waals surface area contributed by atoms with Crippen molar-refractivity contribution in [1.29, 1.82) is 0 Å². The fraction of sp³-hybridized carbons (Fsp3) is 0.444. The van der Waals surface area contributed by atoms with Crippen LogP contribution in [0.4, 0.5) is 4.79 Å². The zero-order valence-corrected chi connectivity index (χ0v) is 15.7. The first-order valence-electron chi connectivity index (χ1n) is 8.58. The van der Waals surface area contributed by atoms with E-state index in [1.165, 1.54) is 7.11 Å². The number of aromatic nitrogens is 1. The number of halogens is 1. The summed E-state index contributed by atoms with van der Waals surface area (Å²) in [6.07, 6.45) is -1.46. The third-order valence-electron chi connectivity index (χ3n) is 4.22. The SMILES string of the molecule is COC(=O)OC(CN1CCOCC1)Cn1oc(-c2ccccc2)c(Cl)c1=O. The third kappa shape index (κ3) is 4.91. The van der Waals surface area contributed by atoms with Crippen molar-refractivity contribution in [1.82, 2.24) is 9.64 Å². The van der Waals surface area contributed by atoms with Crippen molar-refractivity contribution in [3.05, 3.63) is 45.7 Å². The van der Waals surface area contributed by atoms with Gasteiger partial charge >= 0.3 is 11.7 Å². The summed E-state index contributed by atoms with van der Waals surface area (Å²) in [4.78, 5) is 26.2. The number of rotatable bonds is 6. The van der Waals surface area contributed by atoms with E-state index in [1.807, 2.05) is 18.2 Å². The van der Waals surface area contributed by atoms with E-state index < -0.39 is 17.8 Å². The van der Waals surface area contributed by atoms with Crippen molar-refractivity contribution < 1.29 is 23.5 Å². The van der Waals surface area contributed by atoms with Crippen LogP contribution in [0.1, 0.15) is 0 Å². The van der Waals surface area contributed by atoms with Gasteiger partial charge in [0.15, 0.2) is 10.8 Å². The summed E-state index contributed by atoms with van der Waals surface area (Å²) in [7, 11) is 1.23. The van der Waals surface area contributed by atoms with Crippen molar-refractivity contribution in [2.75, 3.05) is 40.0 Å². The third-order valence-corrected chi connectivity index (χ3v) is 4.55. The minimum atomic E-state index is -0.817. The molecule has 0 radical (unpaired) electrons. The van der Waals surface area contributed by atoms with E-state index in [0.29, 0.717) is 38.4 Å². The molecule has 0 aliphatic carbocycles. The summed E-state index contributed by atoms with van der Waals surface area (Å²) in [5.41, 5.74) is 0.216. The van der Waals surface area contributed by atoms with E-state index in [9.17, 15) is 9.59 Å². The van der Waals surface area contributed by atoms with Crippen LogP contribution in [0.15, 0.2) is 39.6 Å². The maximum absolute atomic E-state index is 12.5. The Balaban J connectivity index is 1.80. The highest BCUT2D eigenvalue weighted by Crippen LogP contribution is 2.25. The molecule has 0 bridgehead atoms. The van der Waals surface area contributed by atoms with Crippen LogP contribution in [0.2, 0.25) is 5.02 Å². The number of hydrogen-bond donors (Lipinski definition) is 0. The molecule has 146 valence electrons. The van der Waals surface area contributed by atoms with Crippen molar-refractivity contribution >= 4 is 17.8 Å². The molecule has 1 aromatic carbocycles. The van der Waals surface area contributed by atoms with Crippen LogP contribution in [0.3, 0.4) is 0 Å². The number of morpholine rings is 1. The number of methoxy groups -OCH3 is 1. The lowest BCUT2D eigenvalue weighted by molar-refractivity contribution is -0.0183. The first kappa shape index (κ1) is 19.5. The van der Waals surface area contributed by atoms with E-state index in [-0.39, 0.29) is 17.3 Å². The quantitative estimate of drug-likeness (QED) is 0.692. The lowest BCUT2D eigenvalue weighted by Crippen LogP contribution is -2.44. The molecule has 1 atom stereocenters. The van der Waals surface area contributed by atoms with Crippen LogP contribution in [0.25, 0.3) is 11.3 Å². The first-order valence-corrected chi connectivity index (χ1v) is 8.96. The minimum Gasteiger partial charge on any atom is -0.438 e. The number of carbonyl (C=O) groups is 1. The Bertz CT molecular complexity index is 813. The Morgan fingerprint density at radius 2 is 1.93 bits per heavy atom. The predicted molar refractivity (Wildman–Crippen MR) is 98.0 cm³/mol. The van der Waals surface area contributed by atoms with Gasteiger partial charge in [0.05, 0.1) is 26.9 Å². The Morgan fingerprint density at radius 3 is 2.59 bits per heavy atom. The molecular weight excluding hydrogens is 376 g/mol. The zero-order chi connectivity index (χ0) is 19.2. The largest absolute Gasteiger partial charge is 0.508 e. The van der Waals surface area contributed by atoms with Gasteiger partial charge in [0.1, 0.15) is 6.10 Å². The number of carbonyl (C=O) groups excluding carboxylic acids is 1. The number of benzene rings is 1. The molecule has 0 amide bonds. The van der Waals surface area contributed by atoms with Gasteiger partial charge in [-0.25, -0.2) is 4.79 Å². The summed E-state index contributed by atoms with van der Waals surface area (Å²) >= 11 is 6.17. The average Bonchev–Trinajstić information content (AvgIpc) is 2.97. The monoisotopic (exact) mass is 396 g/mol.